The Balaban J connectivity index is 2.57. The molecular formula is C12H12N4O2. The number of aromatic carboxylic acids is 1. The minimum Gasteiger partial charge on any atom is -0.478 e. The number of aromatic amines is 1. The van der Waals surface area contributed by atoms with E-state index in [1.807, 2.05) is 0 Å². The van der Waals surface area contributed by atoms with Gasteiger partial charge >= 0.3 is 5.97 Å². The number of nitrogens with one attached hydrogen (secondary N) is 2. The molecule has 2 aromatic rings. The predicted molar refractivity (Wildman–Crippen MR) is 67.8 cm³/mol. The molecule has 6 heteroatoms. The number of carbonyl (C=O) groups is 1. The fourth-order valence-electron chi connectivity index (χ4n) is 1.63. The minimum atomic E-state index is -1.05. The second-order valence-electron chi connectivity index (χ2n) is 3.89. The van der Waals surface area contributed by atoms with Crippen LogP contribution in [0.4, 0.5) is 0 Å². The zero-order chi connectivity index (χ0) is 13.3. The van der Waals surface area contributed by atoms with Crippen molar-refractivity contribution in [1.82, 2.24) is 9.97 Å². The first-order valence-corrected chi connectivity index (χ1v) is 5.23. The molecule has 0 unspecified atom stereocenters. The van der Waals surface area contributed by atoms with Gasteiger partial charge in [-0.15, -0.1) is 0 Å². The Bertz CT molecular complexity index is 666. The van der Waals surface area contributed by atoms with Crippen LogP contribution in [-0.2, 0) is 0 Å². The van der Waals surface area contributed by atoms with E-state index in [1.54, 1.807) is 19.1 Å². The maximum absolute atomic E-state index is 11.0. The van der Waals surface area contributed by atoms with E-state index in [1.165, 1.54) is 12.1 Å². The molecule has 0 bridgehead atoms. The highest BCUT2D eigenvalue weighted by Crippen LogP contribution is 2.17. The van der Waals surface area contributed by atoms with Crippen LogP contribution in [0.3, 0.4) is 0 Å². The van der Waals surface area contributed by atoms with Gasteiger partial charge in [0.15, 0.2) is 5.82 Å². The van der Waals surface area contributed by atoms with Crippen molar-refractivity contribution in [3.05, 3.63) is 41.4 Å². The molecule has 0 fully saturated rings. The van der Waals surface area contributed by atoms with Gasteiger partial charge in [0.1, 0.15) is 5.52 Å². The van der Waals surface area contributed by atoms with Gasteiger partial charge < -0.3 is 15.8 Å². The number of imidazole rings is 1. The van der Waals surface area contributed by atoms with Crippen molar-refractivity contribution in [2.24, 2.45) is 5.73 Å². The molecule has 5 N–H and O–H groups in total. The highest BCUT2D eigenvalue weighted by atomic mass is 16.4. The molecule has 0 amide bonds. The fourth-order valence-corrected chi connectivity index (χ4v) is 1.63. The second kappa shape index (κ2) is 4.33. The van der Waals surface area contributed by atoms with Crippen molar-refractivity contribution in [1.29, 1.82) is 5.41 Å². The van der Waals surface area contributed by atoms with Crippen LogP contribution in [0, 0.1) is 5.41 Å². The number of carboxylic acids is 1. The number of nitrogens with zero attached hydrogens (tertiary/aromatic N) is 1. The van der Waals surface area contributed by atoms with Gasteiger partial charge in [0, 0.05) is 5.70 Å². The number of rotatable bonds is 3. The van der Waals surface area contributed by atoms with Crippen LogP contribution >= 0.6 is 0 Å². The number of fused-ring (bicyclic) bond motifs is 1. The van der Waals surface area contributed by atoms with Gasteiger partial charge in [0.2, 0.25) is 0 Å². The van der Waals surface area contributed by atoms with E-state index in [-0.39, 0.29) is 11.3 Å². The van der Waals surface area contributed by atoms with E-state index in [4.69, 9.17) is 16.2 Å². The van der Waals surface area contributed by atoms with E-state index in [0.717, 1.165) is 0 Å². The molecule has 0 aliphatic heterocycles. The molecule has 18 heavy (non-hydrogen) atoms. The number of aromatic nitrogens is 2. The molecule has 1 heterocycles. The molecule has 92 valence electrons. The smallest absolute Gasteiger partial charge is 0.337 e. The maximum Gasteiger partial charge on any atom is 0.337 e. The predicted octanol–water partition coefficient (Wildman–Crippen LogP) is 1.49. The minimum absolute atomic E-state index is 0.108. The van der Waals surface area contributed by atoms with Crippen LogP contribution < -0.4 is 5.73 Å². The van der Waals surface area contributed by atoms with E-state index in [2.05, 4.69) is 9.97 Å². The number of hydrogen-bond acceptors (Lipinski definition) is 4. The second-order valence-corrected chi connectivity index (χ2v) is 3.89. The van der Waals surface area contributed by atoms with Crippen LogP contribution in [0.15, 0.2) is 30.0 Å². The number of allylic oxidation sites excluding steroid dienone is 2. The average Bonchev–Trinajstić information content (AvgIpc) is 2.70. The average molecular weight is 244 g/mol. The van der Waals surface area contributed by atoms with E-state index in [0.29, 0.717) is 22.6 Å². The molecule has 0 spiro atoms. The van der Waals surface area contributed by atoms with Crippen molar-refractivity contribution < 1.29 is 9.90 Å². The Kier molecular flexibility index (Phi) is 2.85. The Hall–Kier alpha value is -2.63. The Morgan fingerprint density at radius 3 is 2.89 bits per heavy atom. The molecule has 1 aromatic heterocycles. The van der Waals surface area contributed by atoms with Gasteiger partial charge in [-0.2, -0.15) is 0 Å². The standard InChI is InChI=1S/C12H12N4O2/c1-6(13)5-8(14)11-15-9-4-2-3-7(12(17)18)10(9)16-11/h2-5,14H,13H2,1H3,(H,15,16)(H,17,18)/b6-5-,14-8?. The van der Waals surface area contributed by atoms with Crippen molar-refractivity contribution in [2.75, 3.05) is 0 Å². The zero-order valence-electron chi connectivity index (χ0n) is 9.69. The highest BCUT2D eigenvalue weighted by Gasteiger charge is 2.13. The Morgan fingerprint density at radius 1 is 1.56 bits per heavy atom. The topological polar surface area (TPSA) is 116 Å². The van der Waals surface area contributed by atoms with Crippen LogP contribution in [0.1, 0.15) is 23.1 Å². The molecule has 0 aliphatic carbocycles. The highest BCUT2D eigenvalue weighted by molar-refractivity contribution is 6.08. The number of carboxylic acid groups (broad SMARTS) is 1. The summed E-state index contributed by atoms with van der Waals surface area (Å²) in [5.41, 5.74) is 7.12. The molecule has 0 saturated heterocycles. The third-order valence-electron chi connectivity index (χ3n) is 2.37. The number of para-hydroxylation sites is 1. The lowest BCUT2D eigenvalue weighted by atomic mass is 10.2. The SMILES string of the molecule is C/C(N)=C/C(=N)c1nc2c(C(=O)O)cccc2[nH]1. The van der Waals surface area contributed by atoms with Gasteiger partial charge in [-0.25, -0.2) is 9.78 Å². The first-order chi connectivity index (χ1) is 8.49. The summed E-state index contributed by atoms with van der Waals surface area (Å²) in [5, 5.41) is 16.8. The van der Waals surface area contributed by atoms with Gasteiger partial charge in [0.05, 0.1) is 16.8 Å². The summed E-state index contributed by atoms with van der Waals surface area (Å²) in [6.45, 7) is 1.67. The summed E-state index contributed by atoms with van der Waals surface area (Å²) in [7, 11) is 0. The third-order valence-corrected chi connectivity index (χ3v) is 2.37. The zero-order valence-corrected chi connectivity index (χ0v) is 9.69. The third kappa shape index (κ3) is 2.08. The lowest BCUT2D eigenvalue weighted by Crippen LogP contribution is -2.02. The van der Waals surface area contributed by atoms with Crippen molar-refractivity contribution in [2.45, 2.75) is 6.92 Å². The number of nitrogens with two attached hydrogens (primary N) is 1. The van der Waals surface area contributed by atoms with E-state index < -0.39 is 5.97 Å². The first kappa shape index (κ1) is 11.8. The summed E-state index contributed by atoms with van der Waals surface area (Å²) >= 11 is 0. The molecule has 0 saturated carbocycles. The van der Waals surface area contributed by atoms with Crippen molar-refractivity contribution in [3.8, 4) is 0 Å². The monoisotopic (exact) mass is 244 g/mol. The summed E-state index contributed by atoms with van der Waals surface area (Å²) in [4.78, 5) is 18.1. The van der Waals surface area contributed by atoms with Crippen LogP contribution in [0.25, 0.3) is 11.0 Å². The van der Waals surface area contributed by atoms with Crippen LogP contribution in [0.2, 0.25) is 0 Å². The van der Waals surface area contributed by atoms with E-state index in [9.17, 15) is 4.79 Å². The summed E-state index contributed by atoms with van der Waals surface area (Å²) < 4.78 is 0. The normalized spacial score (nSPS) is 11.7. The summed E-state index contributed by atoms with van der Waals surface area (Å²) in [6, 6.07) is 4.81. The van der Waals surface area contributed by atoms with Crippen molar-refractivity contribution in [3.63, 3.8) is 0 Å². The summed E-state index contributed by atoms with van der Waals surface area (Å²) in [5.74, 6) is -0.751. The summed E-state index contributed by atoms with van der Waals surface area (Å²) in [6.07, 6.45) is 1.46. The lowest BCUT2D eigenvalue weighted by Gasteiger charge is -1.93. The lowest BCUT2D eigenvalue weighted by molar-refractivity contribution is 0.0699. The molecule has 0 radical (unpaired) electrons. The molecule has 6 nitrogen and oxygen atoms in total. The number of benzene rings is 1. The number of H-pyrrole nitrogens is 1. The van der Waals surface area contributed by atoms with Gasteiger partial charge in [-0.1, -0.05) is 6.07 Å². The maximum atomic E-state index is 11.0. The fraction of sp³-hybridized carbons (Fsp3) is 0.0833. The van der Waals surface area contributed by atoms with Gasteiger partial charge in [0.25, 0.3) is 0 Å². The molecular weight excluding hydrogens is 232 g/mol. The first-order valence-electron chi connectivity index (χ1n) is 5.23. The van der Waals surface area contributed by atoms with Crippen LogP contribution in [-0.4, -0.2) is 26.8 Å². The molecule has 0 atom stereocenters. The van der Waals surface area contributed by atoms with Crippen LogP contribution in [0.5, 0.6) is 0 Å². The largest absolute Gasteiger partial charge is 0.478 e. The van der Waals surface area contributed by atoms with E-state index >= 15 is 0 Å². The molecule has 1 aromatic carbocycles. The van der Waals surface area contributed by atoms with Gasteiger partial charge in [-0.05, 0) is 25.1 Å². The quantitative estimate of drug-likeness (QED) is 0.612. The van der Waals surface area contributed by atoms with Crippen molar-refractivity contribution >= 4 is 22.7 Å². The number of hydrogen-bond donors (Lipinski definition) is 4. The van der Waals surface area contributed by atoms with Gasteiger partial charge in [-0.3, -0.25) is 5.41 Å². The Morgan fingerprint density at radius 2 is 2.28 bits per heavy atom. The Labute approximate surface area is 103 Å². The molecule has 0 aliphatic rings. The molecule has 2 rings (SSSR count).